The SMILES string of the molecule is CCn1cc(C(=O)O)c(=O)c2cc(F)c(N3CCN(C(=O)OCc4ccc(NC(=O)C(CCCNC(N)=O)C(C)n5cc(C(C(C)C)C(C)N(C)C(=O)C(NC(=O)CCCCCn6c(O)ccc6O)C(C)C)nn5)cc4)CC3)cc21. The third-order valence-corrected chi connectivity index (χ3v) is 15.0. The van der Waals surface area contributed by atoms with E-state index in [1.807, 2.05) is 41.5 Å². The highest BCUT2D eigenvalue weighted by molar-refractivity contribution is 5.94. The average Bonchev–Trinajstić information content (AvgIpc) is 4.04. The maximum Gasteiger partial charge on any atom is 0.410 e. The predicted octanol–water partition coefficient (Wildman–Crippen LogP) is 6.37. The van der Waals surface area contributed by atoms with Crippen molar-refractivity contribution < 1.29 is 53.2 Å². The van der Waals surface area contributed by atoms with E-state index in [2.05, 4.69) is 26.3 Å². The highest BCUT2D eigenvalue weighted by Crippen LogP contribution is 2.33. The van der Waals surface area contributed by atoms with E-state index >= 15 is 4.39 Å². The van der Waals surface area contributed by atoms with Crippen molar-refractivity contribution in [3.05, 3.63) is 93.8 Å². The summed E-state index contributed by atoms with van der Waals surface area (Å²) in [6.07, 6.45) is 5.33. The monoisotopic (exact) mass is 1110 g/mol. The number of fused-ring (bicyclic) bond motifs is 1. The molecule has 1 fully saturated rings. The minimum Gasteiger partial charge on any atom is -0.494 e. The van der Waals surface area contributed by atoms with E-state index in [4.69, 9.17) is 10.5 Å². The minimum absolute atomic E-state index is 0.0101. The van der Waals surface area contributed by atoms with Gasteiger partial charge < -0.3 is 61.0 Å². The summed E-state index contributed by atoms with van der Waals surface area (Å²) in [5.74, 6) is -4.12. The van der Waals surface area contributed by atoms with Gasteiger partial charge in [-0.1, -0.05) is 51.5 Å². The molecule has 0 aliphatic carbocycles. The molecule has 23 nitrogen and oxygen atoms in total. The highest BCUT2D eigenvalue weighted by Gasteiger charge is 2.36. The molecular weight excluding hydrogens is 1040 g/mol. The van der Waals surface area contributed by atoms with Crippen LogP contribution in [0.15, 0.2) is 65.7 Å². The zero-order valence-corrected chi connectivity index (χ0v) is 46.9. The van der Waals surface area contributed by atoms with Crippen LogP contribution in [0.2, 0.25) is 0 Å². The van der Waals surface area contributed by atoms with E-state index in [0.717, 1.165) is 6.07 Å². The number of aromatic nitrogens is 5. The molecule has 2 aromatic carbocycles. The Morgan fingerprint density at radius 2 is 1.55 bits per heavy atom. The van der Waals surface area contributed by atoms with Crippen molar-refractivity contribution in [2.24, 2.45) is 23.5 Å². The molecule has 1 aliphatic heterocycles. The van der Waals surface area contributed by atoms with Gasteiger partial charge in [-0.2, -0.15) is 0 Å². The Balaban J connectivity index is 1.03. The molecule has 434 valence electrons. The van der Waals surface area contributed by atoms with Gasteiger partial charge in [0.05, 0.1) is 28.9 Å². The molecule has 80 heavy (non-hydrogen) atoms. The van der Waals surface area contributed by atoms with E-state index in [0.29, 0.717) is 67.7 Å². The number of hydrogen-bond donors (Lipinski definition) is 7. The van der Waals surface area contributed by atoms with Crippen molar-refractivity contribution in [1.82, 2.24) is 44.6 Å². The fraction of sp³-hybridized carbons (Fsp3) is 0.518. The van der Waals surface area contributed by atoms with Crippen LogP contribution in [0.4, 0.5) is 25.4 Å². The van der Waals surface area contributed by atoms with Gasteiger partial charge in [0.1, 0.15) is 24.0 Å². The van der Waals surface area contributed by atoms with Crippen molar-refractivity contribution in [1.29, 1.82) is 0 Å². The summed E-state index contributed by atoms with van der Waals surface area (Å²) in [6, 6.07) is 9.89. The second-order valence-corrected chi connectivity index (χ2v) is 21.2. The normalized spacial score (nSPS) is 14.6. The summed E-state index contributed by atoms with van der Waals surface area (Å²) >= 11 is 0. The quantitative estimate of drug-likeness (QED) is 0.0296. The number of nitrogens with one attached hydrogen (secondary N) is 3. The predicted molar refractivity (Wildman–Crippen MR) is 298 cm³/mol. The van der Waals surface area contributed by atoms with Crippen LogP contribution in [-0.2, 0) is 38.8 Å². The van der Waals surface area contributed by atoms with Crippen LogP contribution in [0.25, 0.3) is 10.9 Å². The fourth-order valence-electron chi connectivity index (χ4n) is 10.3. The number of carbonyl (C=O) groups excluding carboxylic acids is 5. The number of anilines is 2. The standard InChI is InChI=1S/C56H77FN12O11/c1-9-65-30-41(54(76)77)51(73)40-28-42(57)45(29-44(40)65)66-24-26-67(27-25-66)56(79)80-32-37-16-18-38(19-17-37)60-52(74)39(14-13-22-59-55(58)78)35(6)69-31-43(62-63-69)49(33(2)3)36(7)64(8)53(75)50(34(4)5)61-46(70)15-11-10-12-23-68-47(71)20-21-48(68)72/h16-21,28-31,33-36,39,49-50,71-72H,9-15,22-27,32H2,1-8H3,(H,60,74)(H,61,70)(H,76,77)(H3,58,59,78). The van der Waals surface area contributed by atoms with E-state index in [1.165, 1.54) is 33.9 Å². The molecule has 0 radical (unpaired) electrons. The lowest BCUT2D eigenvalue weighted by Crippen LogP contribution is -2.53. The average molecular weight is 1110 g/mol. The Bertz CT molecular complexity index is 3020. The fourth-order valence-corrected chi connectivity index (χ4v) is 10.3. The lowest BCUT2D eigenvalue weighted by molar-refractivity contribution is -0.138. The number of amides is 6. The van der Waals surface area contributed by atoms with Crippen LogP contribution in [0.3, 0.4) is 0 Å². The maximum absolute atomic E-state index is 15.5. The summed E-state index contributed by atoms with van der Waals surface area (Å²) in [7, 11) is 1.71. The van der Waals surface area contributed by atoms with E-state index in [-0.39, 0.29) is 110 Å². The number of aromatic carboxylic acids is 1. The molecule has 5 atom stereocenters. The molecule has 8 N–H and O–H groups in total. The summed E-state index contributed by atoms with van der Waals surface area (Å²) in [5, 5.41) is 46.8. The van der Waals surface area contributed by atoms with Gasteiger partial charge in [-0.25, -0.2) is 23.5 Å². The van der Waals surface area contributed by atoms with Gasteiger partial charge in [-0.3, -0.25) is 23.7 Å². The number of carboxylic acids is 1. The lowest BCUT2D eigenvalue weighted by Gasteiger charge is -2.36. The van der Waals surface area contributed by atoms with Crippen LogP contribution in [0.5, 0.6) is 11.8 Å². The number of ether oxygens (including phenoxy) is 1. The molecule has 1 aliphatic rings. The highest BCUT2D eigenvalue weighted by atomic mass is 19.1. The zero-order chi connectivity index (χ0) is 58.5. The van der Waals surface area contributed by atoms with Crippen LogP contribution in [0.1, 0.15) is 121 Å². The molecule has 4 heterocycles. The van der Waals surface area contributed by atoms with Crippen LogP contribution >= 0.6 is 0 Å². The van der Waals surface area contributed by atoms with E-state index < -0.39 is 52.9 Å². The molecule has 0 bridgehead atoms. The number of rotatable bonds is 26. The number of aromatic hydroxyl groups is 2. The molecule has 6 rings (SSSR count). The number of hydrogen-bond acceptors (Lipinski definition) is 13. The minimum atomic E-state index is -1.39. The summed E-state index contributed by atoms with van der Waals surface area (Å²) in [5.41, 5.74) is 6.50. The van der Waals surface area contributed by atoms with Crippen LogP contribution in [-0.4, -0.2) is 137 Å². The number of piperazine rings is 1. The van der Waals surface area contributed by atoms with E-state index in [9.17, 15) is 48.9 Å². The first-order valence-electron chi connectivity index (χ1n) is 27.3. The maximum atomic E-state index is 15.5. The molecule has 3 aromatic heterocycles. The molecule has 5 aromatic rings. The molecule has 5 unspecified atom stereocenters. The van der Waals surface area contributed by atoms with Crippen LogP contribution in [0, 0.1) is 23.6 Å². The number of nitrogens with zero attached hydrogens (tertiary/aromatic N) is 8. The number of carbonyl (C=O) groups is 6. The first kappa shape index (κ1) is 61.0. The molecule has 1 saturated heterocycles. The molecular formula is C56H77FN12O11. The van der Waals surface area contributed by atoms with Gasteiger partial charge in [0, 0.05) is 107 Å². The van der Waals surface area contributed by atoms with Crippen molar-refractivity contribution in [2.75, 3.05) is 50.0 Å². The Kier molecular flexibility index (Phi) is 21.1. The summed E-state index contributed by atoms with van der Waals surface area (Å²) in [4.78, 5) is 95.5. The van der Waals surface area contributed by atoms with Gasteiger partial charge in [-0.15, -0.1) is 5.10 Å². The molecule has 0 saturated carbocycles. The third-order valence-electron chi connectivity index (χ3n) is 15.0. The van der Waals surface area contributed by atoms with Gasteiger partial charge >= 0.3 is 18.1 Å². The number of unbranched alkanes of at least 4 members (excludes halogenated alkanes) is 2. The Morgan fingerprint density at radius 1 is 0.875 bits per heavy atom. The first-order valence-corrected chi connectivity index (χ1v) is 27.3. The van der Waals surface area contributed by atoms with E-state index in [1.54, 1.807) is 63.5 Å². The number of urea groups is 1. The first-order chi connectivity index (χ1) is 38.0. The lowest BCUT2D eigenvalue weighted by atomic mass is 9.85. The van der Waals surface area contributed by atoms with Crippen molar-refractivity contribution in [2.45, 2.75) is 131 Å². The van der Waals surface area contributed by atoms with Crippen LogP contribution < -0.4 is 32.0 Å². The Hall–Kier alpha value is -8.18. The zero-order valence-electron chi connectivity index (χ0n) is 46.9. The Labute approximate surface area is 464 Å². The smallest absolute Gasteiger partial charge is 0.410 e. The van der Waals surface area contributed by atoms with Gasteiger partial charge in [-0.05, 0) is 88.1 Å². The topological polar surface area (TPSA) is 302 Å². The number of halogens is 1. The van der Waals surface area contributed by atoms with Crippen molar-refractivity contribution in [3.63, 3.8) is 0 Å². The van der Waals surface area contributed by atoms with Crippen molar-refractivity contribution in [3.8, 4) is 11.8 Å². The van der Waals surface area contributed by atoms with Gasteiger partial charge in [0.25, 0.3) is 0 Å². The number of benzene rings is 2. The molecule has 0 spiro atoms. The third kappa shape index (κ3) is 15.1. The van der Waals surface area contributed by atoms with Gasteiger partial charge in [0.15, 0.2) is 11.8 Å². The number of pyridine rings is 1. The number of carboxylic acid groups (broad SMARTS) is 1. The molecule has 6 amide bonds. The summed E-state index contributed by atoms with van der Waals surface area (Å²) < 4.78 is 25.7. The second kappa shape index (κ2) is 27.6. The van der Waals surface area contributed by atoms with Crippen molar-refractivity contribution >= 4 is 58.1 Å². The summed E-state index contributed by atoms with van der Waals surface area (Å²) in [6.45, 7) is 15.3. The number of nitrogens with two attached hydrogens (primary N) is 1. The number of aryl methyl sites for hydroxylation is 1. The Morgan fingerprint density at radius 3 is 2.16 bits per heavy atom. The second-order valence-electron chi connectivity index (χ2n) is 21.2. The van der Waals surface area contributed by atoms with Gasteiger partial charge in [0.2, 0.25) is 23.2 Å². The number of likely N-dealkylation sites (N-methyl/N-ethyl adjacent to an activating group) is 1. The number of primary amides is 1. The largest absolute Gasteiger partial charge is 0.494 e. The molecule has 24 heteroatoms.